The third kappa shape index (κ3) is 5.02. The molecule has 2 aromatic carbocycles. The Bertz CT molecular complexity index is 1250. The van der Waals surface area contributed by atoms with Gasteiger partial charge in [0.2, 0.25) is 0 Å². The van der Waals surface area contributed by atoms with Crippen LogP contribution in [0.2, 0.25) is 0 Å². The van der Waals surface area contributed by atoms with Crippen molar-refractivity contribution in [2.75, 3.05) is 30.6 Å². The molecule has 0 saturated carbocycles. The Morgan fingerprint density at radius 3 is 2.53 bits per heavy atom. The first-order chi connectivity index (χ1) is 16.0. The Morgan fingerprint density at radius 1 is 1.12 bits per heavy atom. The minimum atomic E-state index is -4.56. The second-order valence-corrected chi connectivity index (χ2v) is 11.2. The molecule has 2 heterocycles. The highest BCUT2D eigenvalue weighted by molar-refractivity contribution is 8.16. The highest BCUT2D eigenvalue weighted by Crippen LogP contribution is 2.42. The van der Waals surface area contributed by atoms with Crippen molar-refractivity contribution in [2.45, 2.75) is 23.9 Å². The second-order valence-electron chi connectivity index (χ2n) is 7.87. The van der Waals surface area contributed by atoms with Crippen LogP contribution in [-0.2, 0) is 27.2 Å². The van der Waals surface area contributed by atoms with Gasteiger partial charge in [0.25, 0.3) is 5.91 Å². The monoisotopic (exact) mass is 514 g/mol. The Morgan fingerprint density at radius 2 is 1.85 bits per heavy atom. The van der Waals surface area contributed by atoms with Gasteiger partial charge in [0.1, 0.15) is 0 Å². The standard InChI is InChI=1S/C22H21F3N2O5S2/c1-31-17-7-6-13(8-18(17)32-2)9-20(28)26-21-27(16-11-34(29,30)12-19(16)33-21)15-5-3-4-14(10-15)22(23,24)25/h3-8,10,16,19H,9,11-12H2,1-2H3/t16-,19+/m1/s1. The van der Waals surface area contributed by atoms with Gasteiger partial charge in [0.15, 0.2) is 26.5 Å². The van der Waals surface area contributed by atoms with Crippen LogP contribution in [0.5, 0.6) is 11.5 Å². The molecule has 2 aromatic rings. The lowest BCUT2D eigenvalue weighted by Gasteiger charge is -2.25. The second kappa shape index (κ2) is 9.14. The lowest BCUT2D eigenvalue weighted by Crippen LogP contribution is -2.38. The van der Waals surface area contributed by atoms with E-state index in [1.165, 1.54) is 31.3 Å². The summed E-state index contributed by atoms with van der Waals surface area (Å²) < 4.78 is 74.7. The van der Waals surface area contributed by atoms with Gasteiger partial charge in [0.05, 0.1) is 43.8 Å². The van der Waals surface area contributed by atoms with E-state index in [1.54, 1.807) is 18.2 Å². The molecule has 0 aliphatic carbocycles. The Labute approximate surface area is 198 Å². The van der Waals surface area contributed by atoms with Gasteiger partial charge >= 0.3 is 6.18 Å². The normalized spacial score (nSPS) is 22.6. The van der Waals surface area contributed by atoms with E-state index in [9.17, 15) is 26.4 Å². The summed E-state index contributed by atoms with van der Waals surface area (Å²) in [6.07, 6.45) is -4.64. The predicted octanol–water partition coefficient (Wildman–Crippen LogP) is 3.57. The summed E-state index contributed by atoms with van der Waals surface area (Å²) in [6.45, 7) is 0. The van der Waals surface area contributed by atoms with E-state index in [0.29, 0.717) is 17.1 Å². The summed E-state index contributed by atoms with van der Waals surface area (Å²) in [5, 5.41) is -0.234. The number of methoxy groups -OCH3 is 2. The average Bonchev–Trinajstić information content (AvgIpc) is 3.23. The van der Waals surface area contributed by atoms with Crippen LogP contribution in [0.3, 0.4) is 0 Å². The van der Waals surface area contributed by atoms with Crippen molar-refractivity contribution in [1.29, 1.82) is 0 Å². The van der Waals surface area contributed by atoms with Crippen LogP contribution in [0.1, 0.15) is 11.1 Å². The summed E-state index contributed by atoms with van der Waals surface area (Å²) in [7, 11) is -0.388. The van der Waals surface area contributed by atoms with Gasteiger partial charge in [-0.3, -0.25) is 4.79 Å². The number of sulfone groups is 1. The van der Waals surface area contributed by atoms with E-state index >= 15 is 0 Å². The number of anilines is 1. The number of carbonyl (C=O) groups is 1. The number of halogens is 3. The molecule has 0 N–H and O–H groups in total. The van der Waals surface area contributed by atoms with Crippen molar-refractivity contribution in [3.05, 3.63) is 53.6 Å². The Balaban J connectivity index is 1.65. The summed E-state index contributed by atoms with van der Waals surface area (Å²) in [6, 6.07) is 8.98. The minimum Gasteiger partial charge on any atom is -0.493 e. The van der Waals surface area contributed by atoms with Crippen molar-refractivity contribution in [1.82, 2.24) is 0 Å². The van der Waals surface area contributed by atoms with Gasteiger partial charge in [0, 0.05) is 10.9 Å². The molecule has 2 atom stereocenters. The van der Waals surface area contributed by atoms with Gasteiger partial charge in [-0.15, -0.1) is 0 Å². The third-order valence-corrected chi connectivity index (χ3v) is 8.75. The fraction of sp³-hybridized carbons (Fsp3) is 0.364. The molecule has 0 aromatic heterocycles. The lowest BCUT2D eigenvalue weighted by molar-refractivity contribution is -0.137. The molecule has 7 nitrogen and oxygen atoms in total. The first kappa shape index (κ1) is 24.4. The van der Waals surface area contributed by atoms with Crippen molar-refractivity contribution in [3.63, 3.8) is 0 Å². The Kier molecular flexibility index (Phi) is 6.56. The van der Waals surface area contributed by atoms with Crippen LogP contribution in [0.25, 0.3) is 0 Å². The number of fused-ring (bicyclic) bond motifs is 1. The number of benzene rings is 2. The number of amidine groups is 1. The van der Waals surface area contributed by atoms with Gasteiger partial charge in [-0.2, -0.15) is 18.2 Å². The van der Waals surface area contributed by atoms with E-state index in [2.05, 4.69) is 4.99 Å². The average molecular weight is 515 g/mol. The number of hydrogen-bond acceptors (Lipinski definition) is 6. The number of nitrogens with zero attached hydrogens (tertiary/aromatic N) is 2. The summed E-state index contributed by atoms with van der Waals surface area (Å²) in [4.78, 5) is 18.4. The maximum absolute atomic E-state index is 13.3. The number of hydrogen-bond donors (Lipinski definition) is 0. The van der Waals surface area contributed by atoms with E-state index < -0.39 is 38.8 Å². The van der Waals surface area contributed by atoms with E-state index in [1.807, 2.05) is 0 Å². The molecular formula is C22H21F3N2O5S2. The number of thioether (sulfide) groups is 1. The van der Waals surface area contributed by atoms with E-state index in [4.69, 9.17) is 9.47 Å². The zero-order chi connectivity index (χ0) is 24.7. The molecule has 2 aliphatic heterocycles. The molecule has 0 spiro atoms. The molecule has 34 heavy (non-hydrogen) atoms. The third-order valence-electron chi connectivity index (χ3n) is 5.54. The van der Waals surface area contributed by atoms with Crippen LogP contribution in [-0.4, -0.2) is 56.5 Å². The fourth-order valence-electron chi connectivity index (χ4n) is 4.01. The fourth-order valence-corrected chi connectivity index (χ4v) is 7.94. The van der Waals surface area contributed by atoms with Crippen LogP contribution in [0, 0.1) is 0 Å². The van der Waals surface area contributed by atoms with Crippen LogP contribution < -0.4 is 14.4 Å². The van der Waals surface area contributed by atoms with Crippen molar-refractivity contribution >= 4 is 38.4 Å². The minimum absolute atomic E-state index is 0.0749. The van der Waals surface area contributed by atoms with E-state index in [0.717, 1.165) is 23.9 Å². The summed E-state index contributed by atoms with van der Waals surface area (Å²) in [5.41, 5.74) is -0.108. The highest BCUT2D eigenvalue weighted by Gasteiger charge is 2.49. The zero-order valence-electron chi connectivity index (χ0n) is 18.2. The molecule has 0 unspecified atom stereocenters. The van der Waals surface area contributed by atoms with Gasteiger partial charge in [-0.1, -0.05) is 23.9 Å². The maximum Gasteiger partial charge on any atom is 0.416 e. The number of alkyl halides is 3. The molecular weight excluding hydrogens is 493 g/mol. The first-order valence-corrected chi connectivity index (χ1v) is 12.9. The van der Waals surface area contributed by atoms with Crippen molar-refractivity contribution in [2.24, 2.45) is 4.99 Å². The van der Waals surface area contributed by atoms with Crippen LogP contribution >= 0.6 is 11.8 Å². The Hall–Kier alpha value is -2.73. The van der Waals surface area contributed by atoms with Crippen molar-refractivity contribution in [3.8, 4) is 11.5 Å². The molecule has 0 bridgehead atoms. The molecule has 2 fully saturated rings. The van der Waals surface area contributed by atoms with Gasteiger partial charge in [-0.25, -0.2) is 8.42 Å². The number of rotatable bonds is 5. The number of amides is 1. The van der Waals surface area contributed by atoms with Gasteiger partial charge < -0.3 is 14.4 Å². The predicted molar refractivity (Wildman–Crippen MR) is 123 cm³/mol. The molecule has 182 valence electrons. The van der Waals surface area contributed by atoms with Gasteiger partial charge in [-0.05, 0) is 35.9 Å². The van der Waals surface area contributed by atoms with E-state index in [-0.39, 0.29) is 28.8 Å². The number of carbonyl (C=O) groups excluding carboxylic acids is 1. The molecule has 0 radical (unpaired) electrons. The number of aliphatic imine (C=N–C) groups is 1. The van der Waals surface area contributed by atoms with Crippen LogP contribution in [0.4, 0.5) is 18.9 Å². The maximum atomic E-state index is 13.3. The summed E-state index contributed by atoms with van der Waals surface area (Å²) in [5.74, 6) is 0.0847. The molecule has 2 saturated heterocycles. The SMILES string of the molecule is COc1ccc(CC(=O)N=C2S[C@H]3CS(=O)(=O)C[C@H]3N2c2cccc(C(F)(F)F)c2)cc1OC. The van der Waals surface area contributed by atoms with Crippen molar-refractivity contribution < 1.29 is 35.9 Å². The topological polar surface area (TPSA) is 85.3 Å². The van der Waals surface area contributed by atoms with Crippen LogP contribution in [0.15, 0.2) is 47.5 Å². The lowest BCUT2D eigenvalue weighted by atomic mass is 10.1. The summed E-state index contributed by atoms with van der Waals surface area (Å²) >= 11 is 1.10. The molecule has 12 heteroatoms. The first-order valence-electron chi connectivity index (χ1n) is 10.2. The molecule has 4 rings (SSSR count). The zero-order valence-corrected chi connectivity index (χ0v) is 19.8. The largest absolute Gasteiger partial charge is 0.493 e. The molecule has 1 amide bonds. The highest BCUT2D eigenvalue weighted by atomic mass is 32.2. The molecule has 2 aliphatic rings. The quantitative estimate of drug-likeness (QED) is 0.603. The smallest absolute Gasteiger partial charge is 0.416 e. The number of ether oxygens (including phenoxy) is 2.